The van der Waals surface area contributed by atoms with Crippen LogP contribution in [0.15, 0.2) is 217 Å². The third-order valence-electron chi connectivity index (χ3n) is 10.8. The number of rotatable bonds is 7. The largest absolute Gasteiger partial charge is 0.455 e. The van der Waals surface area contributed by atoms with Gasteiger partial charge in [-0.2, -0.15) is 0 Å². The predicted molar refractivity (Wildman–Crippen MR) is 227 cm³/mol. The van der Waals surface area contributed by atoms with Crippen molar-refractivity contribution >= 4 is 89.4 Å². The van der Waals surface area contributed by atoms with Crippen molar-refractivity contribution in [2.75, 3.05) is 4.90 Å². The topological polar surface area (TPSA) is 16.4 Å². The third kappa shape index (κ3) is 5.08. The van der Waals surface area contributed by atoms with Crippen LogP contribution < -0.4 is 25.6 Å². The minimum absolute atomic E-state index is 0.872. The van der Waals surface area contributed by atoms with E-state index in [-0.39, 0.29) is 0 Å². The van der Waals surface area contributed by atoms with Crippen molar-refractivity contribution in [1.29, 1.82) is 0 Å². The fourth-order valence-corrected chi connectivity index (χ4v) is 13.2. The molecule has 0 saturated heterocycles. The van der Waals surface area contributed by atoms with Gasteiger partial charge in [0, 0.05) is 39.0 Å². The number of fused-ring (bicyclic) bond motifs is 6. The molecule has 0 amide bonds. The van der Waals surface area contributed by atoms with E-state index in [4.69, 9.17) is 4.42 Å². The number of nitrogens with zero attached hydrogens (tertiary/aromatic N) is 1. The van der Waals surface area contributed by atoms with Crippen LogP contribution in [0.25, 0.3) is 43.5 Å². The van der Waals surface area contributed by atoms with E-state index >= 15 is 0 Å². The highest BCUT2D eigenvalue weighted by Crippen LogP contribution is 2.42. The van der Waals surface area contributed by atoms with Crippen LogP contribution >= 0.6 is 0 Å². The minimum Gasteiger partial charge on any atom is -0.455 e. The first-order valence-electron chi connectivity index (χ1n) is 18.2. The number of anilines is 3. The Balaban J connectivity index is 1.25. The highest BCUT2D eigenvalue weighted by atomic mass is 28.3. The third-order valence-corrected chi connectivity index (χ3v) is 15.5. The normalized spacial score (nSPS) is 11.8. The molecule has 0 spiro atoms. The Kier molecular flexibility index (Phi) is 7.52. The molecule has 0 aliphatic carbocycles. The van der Waals surface area contributed by atoms with E-state index in [0.717, 1.165) is 44.4 Å². The molecule has 0 atom stereocenters. The minimum atomic E-state index is -2.77. The zero-order valence-electron chi connectivity index (χ0n) is 29.1. The Morgan fingerprint density at radius 2 is 0.849 bits per heavy atom. The van der Waals surface area contributed by atoms with Crippen molar-refractivity contribution in [2.45, 2.75) is 0 Å². The molecule has 9 aromatic carbocycles. The summed E-state index contributed by atoms with van der Waals surface area (Å²) in [5.74, 6) is 0. The van der Waals surface area contributed by atoms with E-state index in [1.165, 1.54) is 36.9 Å². The maximum atomic E-state index is 6.75. The van der Waals surface area contributed by atoms with Crippen molar-refractivity contribution in [3.8, 4) is 0 Å². The van der Waals surface area contributed by atoms with Gasteiger partial charge >= 0.3 is 0 Å². The van der Waals surface area contributed by atoms with Crippen LogP contribution in [0, 0.1) is 0 Å². The number of benzene rings is 9. The van der Waals surface area contributed by atoms with Crippen molar-refractivity contribution in [3.63, 3.8) is 0 Å². The molecule has 0 N–H and O–H groups in total. The molecule has 0 radical (unpaired) electrons. The molecule has 10 rings (SSSR count). The molecule has 0 bridgehead atoms. The first kappa shape index (κ1) is 31.1. The highest BCUT2D eigenvalue weighted by Gasteiger charge is 2.41. The summed E-state index contributed by atoms with van der Waals surface area (Å²) in [6.45, 7) is 0. The lowest BCUT2D eigenvalue weighted by molar-refractivity contribution is 0.673. The molecule has 10 aromatic rings. The van der Waals surface area contributed by atoms with E-state index in [9.17, 15) is 0 Å². The summed E-state index contributed by atoms with van der Waals surface area (Å²) in [6, 6.07) is 77.4. The molecule has 53 heavy (non-hydrogen) atoms. The maximum Gasteiger partial charge on any atom is 0.179 e. The van der Waals surface area contributed by atoms with Gasteiger partial charge in [-0.05, 0) is 67.9 Å². The van der Waals surface area contributed by atoms with Gasteiger partial charge in [-0.1, -0.05) is 170 Å². The summed E-state index contributed by atoms with van der Waals surface area (Å²) in [5, 5.41) is 12.3. The van der Waals surface area contributed by atoms with Gasteiger partial charge in [0.1, 0.15) is 11.2 Å². The summed E-state index contributed by atoms with van der Waals surface area (Å²) in [4.78, 5) is 2.41. The van der Waals surface area contributed by atoms with Crippen LogP contribution in [0.5, 0.6) is 0 Å². The van der Waals surface area contributed by atoms with Crippen molar-refractivity contribution in [2.24, 2.45) is 0 Å². The van der Waals surface area contributed by atoms with Crippen molar-refractivity contribution in [3.05, 3.63) is 212 Å². The van der Waals surface area contributed by atoms with Gasteiger partial charge in [-0.25, -0.2) is 0 Å². The second-order valence-electron chi connectivity index (χ2n) is 13.7. The van der Waals surface area contributed by atoms with Gasteiger partial charge in [0.2, 0.25) is 0 Å². The molecule has 0 aliphatic heterocycles. The van der Waals surface area contributed by atoms with Gasteiger partial charge in [-0.3, -0.25) is 0 Å². The first-order valence-corrected chi connectivity index (χ1v) is 20.2. The average Bonchev–Trinajstić information content (AvgIpc) is 3.61. The Morgan fingerprint density at radius 3 is 1.53 bits per heavy atom. The second kappa shape index (κ2) is 12.8. The van der Waals surface area contributed by atoms with Crippen LogP contribution in [-0.4, -0.2) is 8.07 Å². The van der Waals surface area contributed by atoms with Gasteiger partial charge in [0.15, 0.2) is 8.07 Å². The van der Waals surface area contributed by atoms with Crippen LogP contribution in [0.1, 0.15) is 0 Å². The van der Waals surface area contributed by atoms with Gasteiger partial charge in [-0.15, -0.1) is 0 Å². The molecule has 0 fully saturated rings. The van der Waals surface area contributed by atoms with Crippen LogP contribution in [0.4, 0.5) is 17.1 Å². The molecule has 0 saturated carbocycles. The Hall–Kier alpha value is -6.68. The Morgan fingerprint density at radius 1 is 0.340 bits per heavy atom. The lowest BCUT2D eigenvalue weighted by Gasteiger charge is -2.35. The SMILES string of the molecule is c1ccc([Si](c2ccccc2)(c2ccccc2)c2cccc(N(c3ccc4c(c3)oc3c5ccccc5ccc43)c3cccc4ccccc34)c2)cc1. The van der Waals surface area contributed by atoms with Crippen molar-refractivity contribution < 1.29 is 4.42 Å². The predicted octanol–water partition coefficient (Wildman–Crippen LogP) is 10.7. The number of hydrogen-bond donors (Lipinski definition) is 0. The van der Waals surface area contributed by atoms with Gasteiger partial charge in [0.05, 0.1) is 5.69 Å². The lowest BCUT2D eigenvalue weighted by atomic mass is 10.0. The average molecular weight is 694 g/mol. The lowest BCUT2D eigenvalue weighted by Crippen LogP contribution is -2.74. The molecule has 250 valence electrons. The zero-order chi connectivity index (χ0) is 35.2. The van der Waals surface area contributed by atoms with E-state index in [0.29, 0.717) is 0 Å². The fraction of sp³-hybridized carbons (Fsp3) is 0. The van der Waals surface area contributed by atoms with Crippen LogP contribution in [0.3, 0.4) is 0 Å². The highest BCUT2D eigenvalue weighted by molar-refractivity contribution is 7.19. The van der Waals surface area contributed by atoms with Gasteiger partial charge in [0.25, 0.3) is 0 Å². The first-order chi connectivity index (χ1) is 26.3. The van der Waals surface area contributed by atoms with Gasteiger partial charge < -0.3 is 9.32 Å². The Bertz CT molecular complexity index is 2800. The van der Waals surface area contributed by atoms with E-state index < -0.39 is 8.07 Å². The molecular weight excluding hydrogens is 659 g/mol. The van der Waals surface area contributed by atoms with Crippen molar-refractivity contribution in [1.82, 2.24) is 0 Å². The van der Waals surface area contributed by atoms with Crippen LogP contribution in [0.2, 0.25) is 0 Å². The second-order valence-corrected chi connectivity index (χ2v) is 17.5. The smallest absolute Gasteiger partial charge is 0.179 e. The maximum absolute atomic E-state index is 6.75. The van der Waals surface area contributed by atoms with E-state index in [1.807, 2.05) is 0 Å². The summed E-state index contributed by atoms with van der Waals surface area (Å²) >= 11 is 0. The molecule has 0 unspecified atom stereocenters. The molecule has 1 heterocycles. The zero-order valence-corrected chi connectivity index (χ0v) is 30.1. The molecule has 0 aliphatic rings. The summed E-state index contributed by atoms with van der Waals surface area (Å²) in [7, 11) is -2.77. The summed E-state index contributed by atoms with van der Waals surface area (Å²) in [5.41, 5.74) is 5.06. The molecule has 3 heteroatoms. The quantitative estimate of drug-likeness (QED) is 0.122. The molecule has 1 aromatic heterocycles. The molecular formula is C50H35NOSi. The van der Waals surface area contributed by atoms with E-state index in [1.54, 1.807) is 0 Å². The standard InChI is InChI=1S/C50H35NOSi/c1-4-20-40(21-5-1)53(41-22-6-2-7-23-41,42-24-8-3-9-25-42)43-26-15-19-38(34-43)51(48-29-14-18-36-16-10-12-27-44(36)48)39-31-33-46-47-32-30-37-17-11-13-28-45(37)50(47)52-49(46)35-39/h1-35H. The Labute approximate surface area is 309 Å². The van der Waals surface area contributed by atoms with Crippen LogP contribution in [-0.2, 0) is 0 Å². The number of furan rings is 1. The monoisotopic (exact) mass is 693 g/mol. The summed E-state index contributed by atoms with van der Waals surface area (Å²) in [6.07, 6.45) is 0. The fourth-order valence-electron chi connectivity index (χ4n) is 8.41. The summed E-state index contributed by atoms with van der Waals surface area (Å²) < 4.78 is 6.75. The van der Waals surface area contributed by atoms with E-state index in [2.05, 4.69) is 217 Å². The number of hydrogen-bond acceptors (Lipinski definition) is 2. The molecule has 2 nitrogen and oxygen atoms in total.